The standard InChI is InChI=1S/C15H19N3O4.ClH/c1-22-9-7-16-10-13(19)17-6-8-18-14(20)11-4-2-3-5-12(11)15(18)21;/h2-5,16H,6-10H2,1H3,(H,17,19);1H. The lowest BCUT2D eigenvalue weighted by Crippen LogP contribution is -2.41. The van der Waals surface area contributed by atoms with Crippen molar-refractivity contribution in [2.75, 3.05) is 39.9 Å². The molecule has 2 rings (SSSR count). The predicted octanol–water partition coefficient (Wildman–Crippen LogP) is 0.0566. The molecule has 23 heavy (non-hydrogen) atoms. The molecule has 7 nitrogen and oxygen atoms in total. The number of nitrogens with zero attached hydrogens (tertiary/aromatic N) is 1. The molecular formula is C15H20ClN3O4. The van der Waals surface area contributed by atoms with Crippen molar-refractivity contribution in [3.8, 4) is 0 Å². The first-order chi connectivity index (χ1) is 10.6. The average molecular weight is 342 g/mol. The summed E-state index contributed by atoms with van der Waals surface area (Å²) in [4.78, 5) is 36.9. The van der Waals surface area contributed by atoms with Gasteiger partial charge in [-0.15, -0.1) is 12.4 Å². The van der Waals surface area contributed by atoms with Gasteiger partial charge in [-0.1, -0.05) is 12.1 Å². The molecule has 2 N–H and O–H groups in total. The highest BCUT2D eigenvalue weighted by molar-refractivity contribution is 6.21. The number of amides is 3. The zero-order valence-corrected chi connectivity index (χ0v) is 13.6. The highest BCUT2D eigenvalue weighted by Gasteiger charge is 2.34. The third-order valence-corrected chi connectivity index (χ3v) is 3.30. The molecule has 1 aromatic carbocycles. The molecule has 0 bridgehead atoms. The van der Waals surface area contributed by atoms with Gasteiger partial charge >= 0.3 is 0 Å². The number of benzene rings is 1. The Balaban J connectivity index is 0.00000264. The second kappa shape index (κ2) is 9.24. The van der Waals surface area contributed by atoms with Gasteiger partial charge < -0.3 is 15.4 Å². The van der Waals surface area contributed by atoms with E-state index in [9.17, 15) is 14.4 Å². The second-order valence-corrected chi connectivity index (χ2v) is 4.83. The molecule has 0 aliphatic carbocycles. The maximum absolute atomic E-state index is 12.1. The molecule has 1 heterocycles. The first-order valence-electron chi connectivity index (χ1n) is 7.06. The van der Waals surface area contributed by atoms with Crippen LogP contribution < -0.4 is 10.6 Å². The van der Waals surface area contributed by atoms with Gasteiger partial charge in [0.15, 0.2) is 0 Å². The predicted molar refractivity (Wildman–Crippen MR) is 86.8 cm³/mol. The van der Waals surface area contributed by atoms with Crippen LogP contribution in [0.2, 0.25) is 0 Å². The van der Waals surface area contributed by atoms with Gasteiger partial charge in [0.25, 0.3) is 11.8 Å². The van der Waals surface area contributed by atoms with Gasteiger partial charge in [-0.2, -0.15) is 0 Å². The van der Waals surface area contributed by atoms with Crippen molar-refractivity contribution in [1.82, 2.24) is 15.5 Å². The molecule has 0 saturated heterocycles. The van der Waals surface area contributed by atoms with Crippen LogP contribution >= 0.6 is 12.4 Å². The molecule has 1 aliphatic rings. The molecule has 0 atom stereocenters. The SMILES string of the molecule is COCCNCC(=O)NCCN1C(=O)c2ccccc2C1=O.Cl. The monoisotopic (exact) mass is 341 g/mol. The first-order valence-corrected chi connectivity index (χ1v) is 7.06. The summed E-state index contributed by atoms with van der Waals surface area (Å²) in [6, 6.07) is 6.71. The first kappa shape index (κ1) is 19.1. The number of carbonyl (C=O) groups is 3. The largest absolute Gasteiger partial charge is 0.383 e. The van der Waals surface area contributed by atoms with Crippen molar-refractivity contribution in [2.45, 2.75) is 0 Å². The molecule has 3 amide bonds. The van der Waals surface area contributed by atoms with E-state index in [-0.39, 0.29) is 49.8 Å². The Morgan fingerprint density at radius 2 is 1.74 bits per heavy atom. The summed E-state index contributed by atoms with van der Waals surface area (Å²) in [6.45, 7) is 1.68. The fourth-order valence-corrected chi connectivity index (χ4v) is 2.19. The molecule has 0 radical (unpaired) electrons. The van der Waals surface area contributed by atoms with Crippen LogP contribution in [0.1, 0.15) is 20.7 Å². The smallest absolute Gasteiger partial charge is 0.261 e. The molecule has 8 heteroatoms. The van der Waals surface area contributed by atoms with E-state index in [2.05, 4.69) is 10.6 Å². The van der Waals surface area contributed by atoms with Gasteiger partial charge in [0.05, 0.1) is 24.3 Å². The fourth-order valence-electron chi connectivity index (χ4n) is 2.19. The van der Waals surface area contributed by atoms with Crippen molar-refractivity contribution in [1.29, 1.82) is 0 Å². The summed E-state index contributed by atoms with van der Waals surface area (Å²) < 4.78 is 4.85. The molecule has 0 saturated carbocycles. The number of imide groups is 1. The molecule has 0 spiro atoms. The Bertz CT molecular complexity index is 545. The van der Waals surface area contributed by atoms with Crippen molar-refractivity contribution in [2.24, 2.45) is 0 Å². The van der Waals surface area contributed by atoms with Crippen LogP contribution in [-0.2, 0) is 9.53 Å². The second-order valence-electron chi connectivity index (χ2n) is 4.83. The van der Waals surface area contributed by atoms with Gasteiger partial charge in [0, 0.05) is 26.7 Å². The third-order valence-electron chi connectivity index (χ3n) is 3.30. The van der Waals surface area contributed by atoms with Crippen LogP contribution in [0.5, 0.6) is 0 Å². The summed E-state index contributed by atoms with van der Waals surface area (Å²) in [6.07, 6.45) is 0. The Labute approximate surface area is 140 Å². The van der Waals surface area contributed by atoms with Gasteiger partial charge in [-0.25, -0.2) is 0 Å². The van der Waals surface area contributed by atoms with Crippen LogP contribution in [0.15, 0.2) is 24.3 Å². The highest BCUT2D eigenvalue weighted by Crippen LogP contribution is 2.21. The quantitative estimate of drug-likeness (QED) is 0.515. The van der Waals surface area contributed by atoms with Crippen LogP contribution in [-0.4, -0.2) is 62.5 Å². The summed E-state index contributed by atoms with van der Waals surface area (Å²) in [5.74, 6) is -0.811. The third kappa shape index (κ3) is 4.75. The van der Waals surface area contributed by atoms with E-state index in [4.69, 9.17) is 4.74 Å². The molecule has 1 aromatic rings. The van der Waals surface area contributed by atoms with Gasteiger partial charge in [0.1, 0.15) is 0 Å². The molecule has 126 valence electrons. The van der Waals surface area contributed by atoms with Crippen molar-refractivity contribution >= 4 is 30.1 Å². The lowest BCUT2D eigenvalue weighted by atomic mass is 10.1. The van der Waals surface area contributed by atoms with Crippen LogP contribution in [0.3, 0.4) is 0 Å². The number of halogens is 1. The number of hydrogen-bond donors (Lipinski definition) is 2. The Morgan fingerprint density at radius 3 is 2.30 bits per heavy atom. The van der Waals surface area contributed by atoms with Gasteiger partial charge in [-0.05, 0) is 12.1 Å². The van der Waals surface area contributed by atoms with Gasteiger partial charge in [-0.3, -0.25) is 19.3 Å². The summed E-state index contributed by atoms with van der Waals surface area (Å²) >= 11 is 0. The van der Waals surface area contributed by atoms with E-state index in [0.29, 0.717) is 24.3 Å². The molecular weight excluding hydrogens is 322 g/mol. The molecule has 1 aliphatic heterocycles. The molecule has 0 aromatic heterocycles. The van der Waals surface area contributed by atoms with E-state index < -0.39 is 0 Å². The maximum atomic E-state index is 12.1. The minimum atomic E-state index is -0.312. The van der Waals surface area contributed by atoms with E-state index in [1.54, 1.807) is 31.4 Å². The van der Waals surface area contributed by atoms with Crippen molar-refractivity contribution in [3.05, 3.63) is 35.4 Å². The van der Waals surface area contributed by atoms with Crippen molar-refractivity contribution < 1.29 is 19.1 Å². The number of carbonyl (C=O) groups excluding carboxylic acids is 3. The minimum absolute atomic E-state index is 0. The lowest BCUT2D eigenvalue weighted by Gasteiger charge is -2.14. The maximum Gasteiger partial charge on any atom is 0.261 e. The summed E-state index contributed by atoms with van der Waals surface area (Å²) in [5.41, 5.74) is 0.833. The van der Waals surface area contributed by atoms with E-state index in [0.717, 1.165) is 4.90 Å². The topological polar surface area (TPSA) is 87.7 Å². The number of nitrogens with one attached hydrogen (secondary N) is 2. The van der Waals surface area contributed by atoms with Crippen molar-refractivity contribution in [3.63, 3.8) is 0 Å². The van der Waals surface area contributed by atoms with E-state index in [1.165, 1.54) is 0 Å². The zero-order chi connectivity index (χ0) is 15.9. The number of rotatable bonds is 8. The number of ether oxygens (including phenoxy) is 1. The molecule has 0 unspecified atom stereocenters. The van der Waals surface area contributed by atoms with Crippen LogP contribution in [0.25, 0.3) is 0 Å². The Morgan fingerprint density at radius 1 is 1.13 bits per heavy atom. The molecule has 0 fully saturated rings. The van der Waals surface area contributed by atoms with E-state index >= 15 is 0 Å². The Hall–Kier alpha value is -1.96. The van der Waals surface area contributed by atoms with Gasteiger partial charge in [0.2, 0.25) is 5.91 Å². The number of methoxy groups -OCH3 is 1. The Kier molecular flexibility index (Phi) is 7.67. The summed E-state index contributed by atoms with van der Waals surface area (Å²) in [5, 5.41) is 5.58. The zero-order valence-electron chi connectivity index (χ0n) is 12.8. The highest BCUT2D eigenvalue weighted by atomic mass is 35.5. The normalized spacial score (nSPS) is 12.8. The number of fused-ring (bicyclic) bond motifs is 1. The summed E-state index contributed by atoms with van der Waals surface area (Å²) in [7, 11) is 1.59. The lowest BCUT2D eigenvalue weighted by molar-refractivity contribution is -0.120. The number of hydrogen-bond acceptors (Lipinski definition) is 5. The van der Waals surface area contributed by atoms with E-state index in [1.807, 2.05) is 0 Å². The fraction of sp³-hybridized carbons (Fsp3) is 0.400. The van der Waals surface area contributed by atoms with Crippen LogP contribution in [0, 0.1) is 0 Å². The minimum Gasteiger partial charge on any atom is -0.383 e. The average Bonchev–Trinajstić information content (AvgIpc) is 2.77. The van der Waals surface area contributed by atoms with Crippen LogP contribution in [0.4, 0.5) is 0 Å².